The van der Waals surface area contributed by atoms with Crippen LogP contribution in [-0.2, 0) is 0 Å². The minimum absolute atomic E-state index is 0.186. The molecule has 2 bridgehead atoms. The highest BCUT2D eigenvalue weighted by Gasteiger charge is 2.35. The Kier molecular flexibility index (Phi) is 3.61. The maximum atomic E-state index is 13.2. The second kappa shape index (κ2) is 5.77. The largest absolute Gasteiger partial charge is 0.449 e. The van der Waals surface area contributed by atoms with Gasteiger partial charge >= 0.3 is 0 Å². The number of furan rings is 1. The van der Waals surface area contributed by atoms with Crippen LogP contribution in [0.4, 0.5) is 4.39 Å². The molecular formula is C17H18FN3O2. The molecule has 0 aromatic carbocycles. The van der Waals surface area contributed by atoms with Gasteiger partial charge in [0.15, 0.2) is 11.5 Å². The van der Waals surface area contributed by atoms with Gasteiger partial charge in [0.05, 0.1) is 0 Å². The van der Waals surface area contributed by atoms with Gasteiger partial charge in [0.1, 0.15) is 5.69 Å². The predicted octanol–water partition coefficient (Wildman–Crippen LogP) is 2.30. The number of pyridine rings is 1. The Morgan fingerprint density at radius 3 is 2.78 bits per heavy atom. The lowest BCUT2D eigenvalue weighted by Crippen LogP contribution is -2.57. The van der Waals surface area contributed by atoms with E-state index in [0.29, 0.717) is 17.4 Å². The number of piperidine rings is 3. The van der Waals surface area contributed by atoms with Crippen LogP contribution in [0.25, 0.3) is 11.5 Å². The third-order valence-electron chi connectivity index (χ3n) is 4.77. The molecule has 3 fully saturated rings. The minimum Gasteiger partial charge on any atom is -0.449 e. The summed E-state index contributed by atoms with van der Waals surface area (Å²) >= 11 is 0. The Labute approximate surface area is 133 Å². The SMILES string of the molecule is O=C(NC1CN2CCC1CC2)c1ccc(-c2cccc(F)n2)o1. The van der Waals surface area contributed by atoms with E-state index in [4.69, 9.17) is 4.42 Å². The van der Waals surface area contributed by atoms with E-state index in [1.54, 1.807) is 24.3 Å². The van der Waals surface area contributed by atoms with Gasteiger partial charge in [0, 0.05) is 12.6 Å². The molecule has 3 aliphatic heterocycles. The molecule has 0 radical (unpaired) electrons. The molecule has 6 heteroatoms. The van der Waals surface area contributed by atoms with Crippen molar-refractivity contribution in [3.8, 4) is 11.5 Å². The Balaban J connectivity index is 1.47. The summed E-state index contributed by atoms with van der Waals surface area (Å²) in [7, 11) is 0. The molecule has 3 aliphatic rings. The van der Waals surface area contributed by atoms with Crippen LogP contribution in [0.15, 0.2) is 34.7 Å². The normalized spacial score (nSPS) is 26.2. The van der Waals surface area contributed by atoms with Gasteiger partial charge in [-0.1, -0.05) is 6.07 Å². The number of hydrogen-bond acceptors (Lipinski definition) is 4. The summed E-state index contributed by atoms with van der Waals surface area (Å²) in [6.45, 7) is 3.18. The molecular weight excluding hydrogens is 297 g/mol. The molecule has 3 saturated heterocycles. The van der Waals surface area contributed by atoms with E-state index < -0.39 is 5.95 Å². The molecule has 2 aromatic heterocycles. The third-order valence-corrected chi connectivity index (χ3v) is 4.77. The molecule has 1 atom stereocenters. The van der Waals surface area contributed by atoms with Gasteiger partial charge in [-0.25, -0.2) is 4.98 Å². The number of amides is 1. The van der Waals surface area contributed by atoms with Gasteiger partial charge in [-0.2, -0.15) is 4.39 Å². The monoisotopic (exact) mass is 315 g/mol. The molecule has 1 amide bonds. The Bertz CT molecular complexity index is 722. The summed E-state index contributed by atoms with van der Waals surface area (Å²) < 4.78 is 18.7. The van der Waals surface area contributed by atoms with Crippen LogP contribution >= 0.6 is 0 Å². The summed E-state index contributed by atoms with van der Waals surface area (Å²) in [6.07, 6.45) is 2.28. The first-order valence-electron chi connectivity index (χ1n) is 7.95. The number of fused-ring (bicyclic) bond motifs is 3. The minimum atomic E-state index is -0.572. The molecule has 2 aromatic rings. The van der Waals surface area contributed by atoms with E-state index in [2.05, 4.69) is 15.2 Å². The molecule has 0 aliphatic carbocycles. The fourth-order valence-corrected chi connectivity index (χ4v) is 3.51. The zero-order chi connectivity index (χ0) is 15.8. The summed E-state index contributed by atoms with van der Waals surface area (Å²) in [5, 5.41) is 3.07. The quantitative estimate of drug-likeness (QED) is 0.883. The number of nitrogens with zero attached hydrogens (tertiary/aromatic N) is 2. The highest BCUT2D eigenvalue weighted by atomic mass is 19.1. The number of rotatable bonds is 3. The Hall–Kier alpha value is -2.21. The average molecular weight is 315 g/mol. The number of halogens is 1. The van der Waals surface area contributed by atoms with Gasteiger partial charge in [-0.05, 0) is 56.1 Å². The fraction of sp³-hybridized carbons (Fsp3) is 0.412. The molecule has 5 heterocycles. The van der Waals surface area contributed by atoms with E-state index in [-0.39, 0.29) is 17.7 Å². The van der Waals surface area contributed by atoms with Crippen LogP contribution in [0.1, 0.15) is 23.4 Å². The topological polar surface area (TPSA) is 58.4 Å². The molecule has 23 heavy (non-hydrogen) atoms. The second-order valence-electron chi connectivity index (χ2n) is 6.23. The molecule has 0 saturated carbocycles. The van der Waals surface area contributed by atoms with E-state index in [1.807, 2.05) is 0 Å². The van der Waals surface area contributed by atoms with E-state index in [9.17, 15) is 9.18 Å². The molecule has 5 nitrogen and oxygen atoms in total. The van der Waals surface area contributed by atoms with Gasteiger partial charge < -0.3 is 14.6 Å². The number of carbonyl (C=O) groups is 1. The molecule has 5 rings (SSSR count). The molecule has 1 N–H and O–H groups in total. The maximum absolute atomic E-state index is 13.2. The lowest BCUT2D eigenvalue weighted by atomic mass is 9.84. The molecule has 0 spiro atoms. The van der Waals surface area contributed by atoms with Crippen LogP contribution in [0.3, 0.4) is 0 Å². The first-order chi connectivity index (χ1) is 11.2. The Morgan fingerprint density at radius 1 is 1.26 bits per heavy atom. The fourth-order valence-electron chi connectivity index (χ4n) is 3.51. The van der Waals surface area contributed by atoms with Crippen molar-refractivity contribution < 1.29 is 13.6 Å². The lowest BCUT2D eigenvalue weighted by molar-refractivity contribution is 0.0606. The number of nitrogens with one attached hydrogen (secondary N) is 1. The van der Waals surface area contributed by atoms with Crippen molar-refractivity contribution in [3.63, 3.8) is 0 Å². The summed E-state index contributed by atoms with van der Waals surface area (Å²) in [5.41, 5.74) is 0.381. The molecule has 1 unspecified atom stereocenters. The summed E-state index contributed by atoms with van der Waals surface area (Å²) in [4.78, 5) is 18.5. The van der Waals surface area contributed by atoms with Crippen molar-refractivity contribution in [1.29, 1.82) is 0 Å². The Morgan fingerprint density at radius 2 is 2.09 bits per heavy atom. The van der Waals surface area contributed by atoms with E-state index in [1.165, 1.54) is 6.07 Å². The van der Waals surface area contributed by atoms with Gasteiger partial charge in [-0.15, -0.1) is 0 Å². The van der Waals surface area contributed by atoms with Crippen molar-refractivity contribution in [2.45, 2.75) is 18.9 Å². The van der Waals surface area contributed by atoms with Gasteiger partial charge in [0.25, 0.3) is 5.91 Å². The van der Waals surface area contributed by atoms with Crippen LogP contribution in [-0.4, -0.2) is 41.5 Å². The van der Waals surface area contributed by atoms with Crippen molar-refractivity contribution in [3.05, 3.63) is 42.0 Å². The van der Waals surface area contributed by atoms with Crippen LogP contribution < -0.4 is 5.32 Å². The highest BCUT2D eigenvalue weighted by Crippen LogP contribution is 2.28. The van der Waals surface area contributed by atoms with Crippen LogP contribution in [0, 0.1) is 11.9 Å². The maximum Gasteiger partial charge on any atom is 0.287 e. The zero-order valence-electron chi connectivity index (χ0n) is 12.7. The third kappa shape index (κ3) is 2.86. The number of aromatic nitrogens is 1. The second-order valence-corrected chi connectivity index (χ2v) is 6.23. The lowest BCUT2D eigenvalue weighted by Gasteiger charge is -2.44. The average Bonchev–Trinajstić information content (AvgIpc) is 3.06. The van der Waals surface area contributed by atoms with Crippen LogP contribution in [0.5, 0.6) is 0 Å². The summed E-state index contributed by atoms with van der Waals surface area (Å²) in [5.74, 6) is 0.401. The molecule has 120 valence electrons. The van der Waals surface area contributed by atoms with Gasteiger partial charge in [-0.3, -0.25) is 4.79 Å². The van der Waals surface area contributed by atoms with Crippen molar-refractivity contribution in [2.75, 3.05) is 19.6 Å². The van der Waals surface area contributed by atoms with Crippen molar-refractivity contribution in [1.82, 2.24) is 15.2 Å². The smallest absolute Gasteiger partial charge is 0.287 e. The van der Waals surface area contributed by atoms with Crippen molar-refractivity contribution in [2.24, 2.45) is 5.92 Å². The summed E-state index contributed by atoms with van der Waals surface area (Å²) in [6, 6.07) is 7.93. The van der Waals surface area contributed by atoms with E-state index in [0.717, 1.165) is 32.5 Å². The first kappa shape index (κ1) is 14.4. The number of hydrogen-bond donors (Lipinski definition) is 1. The van der Waals surface area contributed by atoms with Crippen molar-refractivity contribution >= 4 is 5.91 Å². The van der Waals surface area contributed by atoms with Crippen LogP contribution in [0.2, 0.25) is 0 Å². The standard InChI is InChI=1S/C17H18FN3O2/c18-16-3-1-2-12(19-16)14-4-5-15(23-14)17(22)20-13-10-21-8-6-11(13)7-9-21/h1-5,11,13H,6-10H2,(H,20,22). The zero-order valence-corrected chi connectivity index (χ0v) is 12.7. The first-order valence-corrected chi connectivity index (χ1v) is 7.95. The highest BCUT2D eigenvalue weighted by molar-refractivity contribution is 5.92. The van der Waals surface area contributed by atoms with Gasteiger partial charge in [0.2, 0.25) is 5.95 Å². The number of carbonyl (C=O) groups excluding carboxylic acids is 1. The van der Waals surface area contributed by atoms with E-state index >= 15 is 0 Å². The predicted molar refractivity (Wildman–Crippen MR) is 82.3 cm³/mol.